The summed E-state index contributed by atoms with van der Waals surface area (Å²) in [6.45, 7) is 6.12. The smallest absolute Gasteiger partial charge is 0.261 e. The maximum Gasteiger partial charge on any atom is 0.261 e. The number of rotatable bonds is 4. The second-order valence-electron chi connectivity index (χ2n) is 5.88. The molecule has 0 radical (unpaired) electrons. The van der Waals surface area contributed by atoms with Gasteiger partial charge in [-0.05, 0) is 31.9 Å². The van der Waals surface area contributed by atoms with E-state index in [4.69, 9.17) is 0 Å². The Labute approximate surface area is 140 Å². The quantitative estimate of drug-likeness (QED) is 0.783. The van der Waals surface area contributed by atoms with Crippen LogP contribution in [-0.2, 0) is 7.05 Å². The van der Waals surface area contributed by atoms with Gasteiger partial charge in [-0.1, -0.05) is 36.8 Å². The van der Waals surface area contributed by atoms with E-state index in [1.807, 2.05) is 24.7 Å². The van der Waals surface area contributed by atoms with E-state index in [1.165, 1.54) is 16.9 Å². The van der Waals surface area contributed by atoms with Gasteiger partial charge in [0.25, 0.3) is 5.91 Å². The molecule has 1 aromatic carbocycles. The molecular formula is C18H21N3OS. The van der Waals surface area contributed by atoms with Crippen molar-refractivity contribution in [2.75, 3.05) is 0 Å². The third-order valence-electron chi connectivity index (χ3n) is 4.11. The molecule has 2 heterocycles. The average molecular weight is 327 g/mol. The number of nitrogens with one attached hydrogen (secondary N) is 1. The molecule has 0 aliphatic carbocycles. The Morgan fingerprint density at radius 3 is 2.61 bits per heavy atom. The molecule has 3 rings (SSSR count). The summed E-state index contributed by atoms with van der Waals surface area (Å²) in [5.41, 5.74) is 3.33. The van der Waals surface area contributed by atoms with Crippen molar-refractivity contribution in [2.24, 2.45) is 7.05 Å². The lowest BCUT2D eigenvalue weighted by molar-refractivity contribution is 0.0940. The molecule has 5 heteroatoms. The topological polar surface area (TPSA) is 46.9 Å². The van der Waals surface area contributed by atoms with Gasteiger partial charge < -0.3 is 5.32 Å². The average Bonchev–Trinajstić information content (AvgIpc) is 3.08. The van der Waals surface area contributed by atoms with Crippen molar-refractivity contribution in [2.45, 2.75) is 33.2 Å². The molecule has 0 spiro atoms. The summed E-state index contributed by atoms with van der Waals surface area (Å²) in [6, 6.07) is 10.3. The van der Waals surface area contributed by atoms with Crippen molar-refractivity contribution in [3.05, 3.63) is 52.0 Å². The molecule has 23 heavy (non-hydrogen) atoms. The molecule has 0 aliphatic rings. The molecule has 0 unspecified atom stereocenters. The minimum Gasteiger partial charge on any atom is -0.345 e. The van der Waals surface area contributed by atoms with Crippen LogP contribution in [0, 0.1) is 13.8 Å². The molecule has 2 aromatic heterocycles. The summed E-state index contributed by atoms with van der Waals surface area (Å²) in [7, 11) is 1.91. The number of nitrogens with zero attached hydrogens (tertiary/aromatic N) is 2. The Bertz CT molecular complexity index is 811. The first kappa shape index (κ1) is 15.7. The third kappa shape index (κ3) is 3.01. The number of aromatic nitrogens is 2. The van der Waals surface area contributed by atoms with E-state index in [0.29, 0.717) is 0 Å². The highest BCUT2D eigenvalue weighted by Crippen LogP contribution is 2.28. The highest BCUT2D eigenvalue weighted by atomic mass is 32.1. The van der Waals surface area contributed by atoms with Gasteiger partial charge in [0.15, 0.2) is 0 Å². The second-order valence-corrected chi connectivity index (χ2v) is 6.91. The van der Waals surface area contributed by atoms with E-state index in [0.717, 1.165) is 32.8 Å². The van der Waals surface area contributed by atoms with E-state index < -0.39 is 0 Å². The molecule has 0 bridgehead atoms. The molecule has 3 aromatic rings. The molecule has 0 saturated heterocycles. The number of carbonyl (C=O) groups excluding carboxylic acids is 1. The van der Waals surface area contributed by atoms with Crippen LogP contribution in [0.5, 0.6) is 0 Å². The van der Waals surface area contributed by atoms with Crippen molar-refractivity contribution in [1.29, 1.82) is 0 Å². The van der Waals surface area contributed by atoms with Crippen molar-refractivity contribution >= 4 is 27.5 Å². The van der Waals surface area contributed by atoms with E-state index in [2.05, 4.69) is 48.5 Å². The SMILES string of the molecule is CC[C@H](NC(=O)c1cc2c(C)nn(C)c2s1)c1ccc(C)cc1. The van der Waals surface area contributed by atoms with Crippen LogP contribution in [0.1, 0.15) is 45.9 Å². The first-order valence-electron chi connectivity index (χ1n) is 7.80. The first-order chi connectivity index (χ1) is 11.0. The predicted molar refractivity (Wildman–Crippen MR) is 95.0 cm³/mol. The molecular weight excluding hydrogens is 306 g/mol. The second kappa shape index (κ2) is 6.16. The normalized spacial score (nSPS) is 12.5. The van der Waals surface area contributed by atoms with Crippen LogP contribution in [0.25, 0.3) is 10.2 Å². The number of amides is 1. The van der Waals surface area contributed by atoms with Gasteiger partial charge in [0.05, 0.1) is 16.6 Å². The number of benzene rings is 1. The maximum atomic E-state index is 12.6. The third-order valence-corrected chi connectivity index (χ3v) is 5.31. The summed E-state index contributed by atoms with van der Waals surface area (Å²) < 4.78 is 1.84. The fourth-order valence-electron chi connectivity index (χ4n) is 2.77. The first-order valence-corrected chi connectivity index (χ1v) is 8.61. The monoisotopic (exact) mass is 327 g/mol. The zero-order valence-corrected chi connectivity index (χ0v) is 14.7. The number of hydrogen-bond donors (Lipinski definition) is 1. The van der Waals surface area contributed by atoms with Gasteiger partial charge in [-0.15, -0.1) is 11.3 Å². The Hall–Kier alpha value is -2.14. The zero-order valence-electron chi connectivity index (χ0n) is 13.9. The summed E-state index contributed by atoms with van der Waals surface area (Å²) in [6.07, 6.45) is 0.861. The van der Waals surface area contributed by atoms with Crippen LogP contribution >= 0.6 is 11.3 Å². The molecule has 1 amide bonds. The molecule has 1 atom stereocenters. The molecule has 0 aliphatic heterocycles. The fourth-order valence-corrected chi connectivity index (χ4v) is 3.79. The standard InChI is InChI=1S/C18H21N3OS/c1-5-15(13-8-6-11(2)7-9-13)19-17(22)16-10-14-12(3)20-21(4)18(14)23-16/h6-10,15H,5H2,1-4H3,(H,19,22)/t15-/m0/s1. The Morgan fingerprint density at radius 2 is 2.00 bits per heavy atom. The van der Waals surface area contributed by atoms with Gasteiger partial charge in [0, 0.05) is 12.4 Å². The summed E-state index contributed by atoms with van der Waals surface area (Å²) in [4.78, 5) is 14.4. The fraction of sp³-hybridized carbons (Fsp3) is 0.333. The van der Waals surface area contributed by atoms with Crippen molar-refractivity contribution in [1.82, 2.24) is 15.1 Å². The van der Waals surface area contributed by atoms with E-state index in [1.54, 1.807) is 0 Å². The van der Waals surface area contributed by atoms with Crippen LogP contribution in [0.2, 0.25) is 0 Å². The Balaban J connectivity index is 1.83. The summed E-state index contributed by atoms with van der Waals surface area (Å²) >= 11 is 1.49. The minimum absolute atomic E-state index is 0.0157. The van der Waals surface area contributed by atoms with Crippen LogP contribution in [0.3, 0.4) is 0 Å². The van der Waals surface area contributed by atoms with Gasteiger partial charge in [-0.3, -0.25) is 9.48 Å². The molecule has 1 N–H and O–H groups in total. The summed E-state index contributed by atoms with van der Waals surface area (Å²) in [5, 5.41) is 8.59. The van der Waals surface area contributed by atoms with Gasteiger partial charge in [-0.25, -0.2) is 0 Å². The lowest BCUT2D eigenvalue weighted by Crippen LogP contribution is -2.27. The number of carbonyl (C=O) groups is 1. The predicted octanol–water partition coefficient (Wildman–Crippen LogP) is 4.13. The molecule has 4 nitrogen and oxygen atoms in total. The van der Waals surface area contributed by atoms with Crippen LogP contribution < -0.4 is 5.32 Å². The lowest BCUT2D eigenvalue weighted by Gasteiger charge is -2.17. The van der Waals surface area contributed by atoms with E-state index in [9.17, 15) is 4.79 Å². The minimum atomic E-state index is -0.0157. The number of aryl methyl sites for hydroxylation is 3. The van der Waals surface area contributed by atoms with Gasteiger partial charge >= 0.3 is 0 Å². The Morgan fingerprint density at radius 1 is 1.30 bits per heavy atom. The van der Waals surface area contributed by atoms with Crippen molar-refractivity contribution in [3.63, 3.8) is 0 Å². The number of hydrogen-bond acceptors (Lipinski definition) is 3. The Kier molecular flexibility index (Phi) is 4.22. The van der Waals surface area contributed by atoms with E-state index in [-0.39, 0.29) is 11.9 Å². The highest BCUT2D eigenvalue weighted by Gasteiger charge is 2.18. The zero-order chi connectivity index (χ0) is 16.6. The van der Waals surface area contributed by atoms with Gasteiger partial charge in [-0.2, -0.15) is 5.10 Å². The highest BCUT2D eigenvalue weighted by molar-refractivity contribution is 7.20. The largest absolute Gasteiger partial charge is 0.345 e. The number of thiophene rings is 1. The van der Waals surface area contributed by atoms with Crippen LogP contribution in [-0.4, -0.2) is 15.7 Å². The van der Waals surface area contributed by atoms with Crippen molar-refractivity contribution in [3.8, 4) is 0 Å². The van der Waals surface area contributed by atoms with Crippen LogP contribution in [0.15, 0.2) is 30.3 Å². The van der Waals surface area contributed by atoms with Gasteiger partial charge in [0.1, 0.15) is 4.83 Å². The number of fused-ring (bicyclic) bond motifs is 1. The van der Waals surface area contributed by atoms with E-state index >= 15 is 0 Å². The molecule has 0 saturated carbocycles. The van der Waals surface area contributed by atoms with Crippen LogP contribution in [0.4, 0.5) is 0 Å². The summed E-state index contributed by atoms with van der Waals surface area (Å²) in [5.74, 6) is -0.0157. The maximum absolute atomic E-state index is 12.6. The van der Waals surface area contributed by atoms with Gasteiger partial charge in [0.2, 0.25) is 0 Å². The lowest BCUT2D eigenvalue weighted by atomic mass is 10.0. The molecule has 120 valence electrons. The van der Waals surface area contributed by atoms with Crippen molar-refractivity contribution < 1.29 is 4.79 Å². The molecule has 0 fully saturated rings.